The number of alkyl halides is 1. The molecular formula is C11H15BrClNO2S2. The second-order valence-electron chi connectivity index (χ2n) is 4.98. The van der Waals surface area contributed by atoms with E-state index in [-0.39, 0.29) is 5.54 Å². The zero-order valence-electron chi connectivity index (χ0n) is 10.2. The van der Waals surface area contributed by atoms with Gasteiger partial charge in [0, 0.05) is 17.0 Å². The van der Waals surface area contributed by atoms with Crippen LogP contribution < -0.4 is 0 Å². The lowest BCUT2D eigenvalue weighted by Gasteiger charge is -2.30. The maximum atomic E-state index is 12.7. The first-order valence-electron chi connectivity index (χ1n) is 5.66. The van der Waals surface area contributed by atoms with Crippen molar-refractivity contribution in [1.29, 1.82) is 0 Å². The van der Waals surface area contributed by atoms with Gasteiger partial charge in [-0.05, 0) is 48.7 Å². The summed E-state index contributed by atoms with van der Waals surface area (Å²) in [6.07, 6.45) is 1.81. The molecule has 1 fully saturated rings. The summed E-state index contributed by atoms with van der Waals surface area (Å²) >= 11 is 10.5. The van der Waals surface area contributed by atoms with Crippen LogP contribution in [0.2, 0.25) is 0 Å². The minimum absolute atomic E-state index is 0.304. The number of thiophene rings is 1. The van der Waals surface area contributed by atoms with Crippen LogP contribution in [0.4, 0.5) is 0 Å². The van der Waals surface area contributed by atoms with Gasteiger partial charge in [0.2, 0.25) is 10.0 Å². The average molecular weight is 373 g/mol. The van der Waals surface area contributed by atoms with E-state index in [1.54, 1.807) is 10.4 Å². The lowest BCUT2D eigenvalue weighted by atomic mass is 10.0. The minimum Gasteiger partial charge on any atom is -0.207 e. The first-order chi connectivity index (χ1) is 8.29. The molecule has 2 heterocycles. The molecule has 3 nitrogen and oxygen atoms in total. The molecule has 1 aromatic rings. The first kappa shape index (κ1) is 14.8. The van der Waals surface area contributed by atoms with Crippen molar-refractivity contribution in [2.75, 3.05) is 6.54 Å². The summed E-state index contributed by atoms with van der Waals surface area (Å²) in [5.41, 5.74) is -0.304. The molecule has 0 saturated carbocycles. The fourth-order valence-electron chi connectivity index (χ4n) is 2.29. The highest BCUT2D eigenvalue weighted by Crippen LogP contribution is 2.39. The van der Waals surface area contributed by atoms with E-state index in [0.717, 1.165) is 17.7 Å². The third kappa shape index (κ3) is 2.50. The number of rotatable bonds is 3. The largest absolute Gasteiger partial charge is 0.245 e. The molecule has 0 aliphatic carbocycles. The summed E-state index contributed by atoms with van der Waals surface area (Å²) in [6, 6.07) is 1.67. The summed E-state index contributed by atoms with van der Waals surface area (Å²) < 4.78 is 27.6. The normalized spacial score (nSPS) is 20.4. The molecule has 1 aliphatic heterocycles. The van der Waals surface area contributed by atoms with Crippen molar-refractivity contribution in [2.45, 2.75) is 43.0 Å². The molecule has 0 radical (unpaired) electrons. The van der Waals surface area contributed by atoms with E-state index in [2.05, 4.69) is 15.9 Å². The molecule has 0 aromatic carbocycles. The molecule has 0 atom stereocenters. The van der Waals surface area contributed by atoms with Crippen LogP contribution in [-0.2, 0) is 15.9 Å². The highest BCUT2D eigenvalue weighted by atomic mass is 79.9. The van der Waals surface area contributed by atoms with E-state index < -0.39 is 10.0 Å². The van der Waals surface area contributed by atoms with Gasteiger partial charge in [0.25, 0.3) is 0 Å². The number of sulfonamides is 1. The Morgan fingerprint density at radius 3 is 2.67 bits per heavy atom. The lowest BCUT2D eigenvalue weighted by Crippen LogP contribution is -2.42. The van der Waals surface area contributed by atoms with Crippen molar-refractivity contribution in [1.82, 2.24) is 4.31 Å². The SMILES string of the molecule is CC1(C)CCCN1S(=O)(=O)c1cc(CCl)sc1Br. The predicted molar refractivity (Wildman–Crippen MR) is 78.8 cm³/mol. The van der Waals surface area contributed by atoms with Gasteiger partial charge in [-0.1, -0.05) is 0 Å². The molecule has 18 heavy (non-hydrogen) atoms. The fraction of sp³-hybridized carbons (Fsp3) is 0.636. The van der Waals surface area contributed by atoms with Gasteiger partial charge in [0.05, 0.1) is 9.67 Å². The van der Waals surface area contributed by atoms with Crippen molar-refractivity contribution < 1.29 is 8.42 Å². The van der Waals surface area contributed by atoms with E-state index in [0.29, 0.717) is 21.1 Å². The van der Waals surface area contributed by atoms with Crippen molar-refractivity contribution in [3.63, 3.8) is 0 Å². The van der Waals surface area contributed by atoms with Crippen LogP contribution in [0.15, 0.2) is 14.7 Å². The molecule has 2 rings (SSSR count). The Morgan fingerprint density at radius 1 is 1.56 bits per heavy atom. The lowest BCUT2D eigenvalue weighted by molar-refractivity contribution is 0.291. The summed E-state index contributed by atoms with van der Waals surface area (Å²) in [6.45, 7) is 4.54. The standard InChI is InChI=1S/C11H15BrClNO2S2/c1-11(2)4-3-5-14(11)18(15,16)9-6-8(7-13)17-10(9)12/h6H,3-5,7H2,1-2H3. The number of hydrogen-bond acceptors (Lipinski definition) is 3. The molecular weight excluding hydrogens is 358 g/mol. The second-order valence-corrected chi connectivity index (χ2v) is 9.53. The maximum Gasteiger partial charge on any atom is 0.245 e. The molecule has 102 valence electrons. The van der Waals surface area contributed by atoms with Crippen LogP contribution in [0.3, 0.4) is 0 Å². The van der Waals surface area contributed by atoms with Gasteiger partial charge in [-0.3, -0.25) is 0 Å². The molecule has 0 unspecified atom stereocenters. The Hall–Kier alpha value is 0.380. The summed E-state index contributed by atoms with van der Waals surface area (Å²) in [5, 5.41) is 0. The first-order valence-corrected chi connectivity index (χ1v) is 9.24. The monoisotopic (exact) mass is 371 g/mol. The molecule has 1 saturated heterocycles. The Balaban J connectivity index is 2.45. The van der Waals surface area contributed by atoms with E-state index in [9.17, 15) is 8.42 Å². The summed E-state index contributed by atoms with van der Waals surface area (Å²) in [4.78, 5) is 1.21. The van der Waals surface area contributed by atoms with Gasteiger partial charge in [0.15, 0.2) is 0 Å². The maximum absolute atomic E-state index is 12.7. The highest BCUT2D eigenvalue weighted by molar-refractivity contribution is 9.11. The van der Waals surface area contributed by atoms with Crippen LogP contribution in [0.25, 0.3) is 0 Å². The van der Waals surface area contributed by atoms with Crippen molar-refractivity contribution >= 4 is 48.9 Å². The van der Waals surface area contributed by atoms with E-state index in [4.69, 9.17) is 11.6 Å². The van der Waals surface area contributed by atoms with Gasteiger partial charge in [-0.25, -0.2) is 8.42 Å². The van der Waals surface area contributed by atoms with Crippen LogP contribution in [-0.4, -0.2) is 24.8 Å². The fourth-order valence-corrected chi connectivity index (χ4v) is 6.86. The second kappa shape index (κ2) is 5.05. The van der Waals surface area contributed by atoms with Gasteiger partial charge in [-0.2, -0.15) is 4.31 Å². The van der Waals surface area contributed by atoms with E-state index in [1.165, 1.54) is 11.3 Å². The topological polar surface area (TPSA) is 37.4 Å². The Morgan fingerprint density at radius 2 is 2.22 bits per heavy atom. The highest BCUT2D eigenvalue weighted by Gasteiger charge is 2.42. The van der Waals surface area contributed by atoms with E-state index >= 15 is 0 Å². The molecule has 1 aromatic heterocycles. The van der Waals surface area contributed by atoms with Crippen LogP contribution in [0.5, 0.6) is 0 Å². The average Bonchev–Trinajstić information content (AvgIpc) is 2.81. The predicted octanol–water partition coefficient (Wildman–Crippen LogP) is 3.81. The molecule has 0 bridgehead atoms. The quantitative estimate of drug-likeness (QED) is 0.757. The van der Waals surface area contributed by atoms with Crippen LogP contribution in [0.1, 0.15) is 31.6 Å². The van der Waals surface area contributed by atoms with Gasteiger partial charge in [-0.15, -0.1) is 22.9 Å². The Kier molecular flexibility index (Phi) is 4.15. The number of halogens is 2. The van der Waals surface area contributed by atoms with E-state index in [1.807, 2.05) is 13.8 Å². The van der Waals surface area contributed by atoms with Gasteiger partial charge < -0.3 is 0 Å². The number of nitrogens with zero attached hydrogens (tertiary/aromatic N) is 1. The molecule has 0 amide bonds. The Labute approximate surface area is 125 Å². The van der Waals surface area contributed by atoms with Gasteiger partial charge in [0.1, 0.15) is 4.90 Å². The van der Waals surface area contributed by atoms with Crippen molar-refractivity contribution in [2.24, 2.45) is 0 Å². The molecule has 0 spiro atoms. The number of hydrogen-bond donors (Lipinski definition) is 0. The molecule has 0 N–H and O–H groups in total. The zero-order chi connectivity index (χ0) is 13.6. The smallest absolute Gasteiger partial charge is 0.207 e. The summed E-state index contributed by atoms with van der Waals surface area (Å²) in [7, 11) is -3.43. The molecule has 7 heteroatoms. The van der Waals surface area contributed by atoms with Crippen molar-refractivity contribution in [3.8, 4) is 0 Å². The Bertz CT molecular complexity index is 553. The zero-order valence-corrected chi connectivity index (χ0v) is 14.2. The third-order valence-corrected chi connectivity index (χ3v) is 8.04. The summed E-state index contributed by atoms with van der Waals surface area (Å²) in [5.74, 6) is 0.335. The molecule has 1 aliphatic rings. The van der Waals surface area contributed by atoms with Gasteiger partial charge >= 0.3 is 0 Å². The van der Waals surface area contributed by atoms with Crippen LogP contribution in [0, 0.1) is 0 Å². The third-order valence-electron chi connectivity index (χ3n) is 3.23. The van der Waals surface area contributed by atoms with Crippen LogP contribution >= 0.6 is 38.9 Å². The minimum atomic E-state index is -3.43. The van der Waals surface area contributed by atoms with Crippen molar-refractivity contribution in [3.05, 3.63) is 14.7 Å².